The molecular formula is C23H31N3O3S. The number of carbonyl (C=O) groups is 1. The Morgan fingerprint density at radius 1 is 0.967 bits per heavy atom. The molecule has 0 atom stereocenters. The van der Waals surface area contributed by atoms with Crippen LogP contribution < -0.4 is 10.2 Å². The molecule has 30 heavy (non-hydrogen) atoms. The number of nitrogens with zero attached hydrogens (tertiary/aromatic N) is 2. The standard InChI is InChI=1S/C23H31N3O3S/c1-19-6-8-21(9-7-19)17-26(30(2,28)29)18-23(27)24-16-20-10-12-22(13-11-20)25-14-4-3-5-15-25/h6-13H,3-5,14-18H2,1-2H3,(H,24,27). The van der Waals surface area contributed by atoms with Crippen LogP contribution in [0.1, 0.15) is 36.0 Å². The maximum atomic E-state index is 12.4. The number of hydrogen-bond acceptors (Lipinski definition) is 4. The van der Waals surface area contributed by atoms with Gasteiger partial charge < -0.3 is 10.2 Å². The predicted molar refractivity (Wildman–Crippen MR) is 121 cm³/mol. The zero-order valence-corrected chi connectivity index (χ0v) is 18.6. The van der Waals surface area contributed by atoms with Crippen LogP contribution in [0.15, 0.2) is 48.5 Å². The van der Waals surface area contributed by atoms with Crippen LogP contribution >= 0.6 is 0 Å². The number of amides is 1. The van der Waals surface area contributed by atoms with Gasteiger partial charge in [-0.05, 0) is 49.4 Å². The summed E-state index contributed by atoms with van der Waals surface area (Å²) in [5, 5.41) is 2.84. The minimum Gasteiger partial charge on any atom is -0.372 e. The van der Waals surface area contributed by atoms with Gasteiger partial charge in [0.25, 0.3) is 0 Å². The summed E-state index contributed by atoms with van der Waals surface area (Å²) in [5.74, 6) is -0.312. The number of nitrogens with one attached hydrogen (secondary N) is 1. The fourth-order valence-corrected chi connectivity index (χ4v) is 4.32. The Bertz CT molecular complexity index is 935. The lowest BCUT2D eigenvalue weighted by molar-refractivity contribution is -0.121. The van der Waals surface area contributed by atoms with Crippen molar-refractivity contribution in [2.24, 2.45) is 0 Å². The summed E-state index contributed by atoms with van der Waals surface area (Å²) in [6.45, 7) is 4.53. The summed E-state index contributed by atoms with van der Waals surface area (Å²) in [5.41, 5.74) is 4.17. The van der Waals surface area contributed by atoms with E-state index < -0.39 is 10.0 Å². The van der Waals surface area contributed by atoms with Gasteiger partial charge in [0.2, 0.25) is 15.9 Å². The number of sulfonamides is 1. The topological polar surface area (TPSA) is 69.7 Å². The number of aryl methyl sites for hydroxylation is 1. The second-order valence-corrected chi connectivity index (χ2v) is 9.99. The molecule has 0 unspecified atom stereocenters. The van der Waals surface area contributed by atoms with Crippen LogP contribution in [-0.2, 0) is 27.9 Å². The van der Waals surface area contributed by atoms with Gasteiger partial charge >= 0.3 is 0 Å². The van der Waals surface area contributed by atoms with Crippen LogP contribution in [0.25, 0.3) is 0 Å². The molecule has 162 valence electrons. The highest BCUT2D eigenvalue weighted by Crippen LogP contribution is 2.20. The third kappa shape index (κ3) is 6.57. The second-order valence-electron chi connectivity index (χ2n) is 8.01. The van der Waals surface area contributed by atoms with E-state index in [4.69, 9.17) is 0 Å². The quantitative estimate of drug-likeness (QED) is 0.700. The van der Waals surface area contributed by atoms with Gasteiger partial charge in [0, 0.05) is 31.9 Å². The lowest BCUT2D eigenvalue weighted by Crippen LogP contribution is -2.39. The Balaban J connectivity index is 1.54. The monoisotopic (exact) mass is 429 g/mol. The Kier molecular flexibility index (Phi) is 7.50. The largest absolute Gasteiger partial charge is 0.372 e. The van der Waals surface area contributed by atoms with Gasteiger partial charge in [-0.2, -0.15) is 4.31 Å². The molecule has 1 amide bonds. The minimum absolute atomic E-state index is 0.178. The molecule has 0 spiro atoms. The van der Waals surface area contributed by atoms with Crippen molar-refractivity contribution >= 4 is 21.6 Å². The maximum Gasteiger partial charge on any atom is 0.235 e. The van der Waals surface area contributed by atoms with Crippen molar-refractivity contribution in [2.75, 3.05) is 30.8 Å². The summed E-state index contributed by atoms with van der Waals surface area (Å²) in [6, 6.07) is 15.9. The first-order chi connectivity index (χ1) is 14.3. The molecule has 2 aromatic carbocycles. The smallest absolute Gasteiger partial charge is 0.235 e. The summed E-state index contributed by atoms with van der Waals surface area (Å²) in [6.07, 6.45) is 4.90. The SMILES string of the molecule is Cc1ccc(CN(CC(=O)NCc2ccc(N3CCCCC3)cc2)S(C)(=O)=O)cc1. The van der Waals surface area contributed by atoms with Crippen molar-refractivity contribution in [3.05, 3.63) is 65.2 Å². The van der Waals surface area contributed by atoms with Gasteiger partial charge in [-0.15, -0.1) is 0 Å². The zero-order valence-electron chi connectivity index (χ0n) is 17.8. The van der Waals surface area contributed by atoms with Crippen LogP contribution in [0.5, 0.6) is 0 Å². The molecule has 0 aliphatic carbocycles. The van der Waals surface area contributed by atoms with E-state index in [1.165, 1.54) is 29.3 Å². The predicted octanol–water partition coefficient (Wildman–Crippen LogP) is 3.06. The number of benzene rings is 2. The molecule has 3 rings (SSSR count). The van der Waals surface area contributed by atoms with E-state index in [0.717, 1.165) is 36.0 Å². The average Bonchev–Trinajstić information content (AvgIpc) is 2.74. The summed E-state index contributed by atoms with van der Waals surface area (Å²) < 4.78 is 25.5. The van der Waals surface area contributed by atoms with Gasteiger partial charge in [0.1, 0.15) is 0 Å². The van der Waals surface area contributed by atoms with E-state index in [0.29, 0.717) is 6.54 Å². The number of hydrogen-bond donors (Lipinski definition) is 1. The van der Waals surface area contributed by atoms with Crippen molar-refractivity contribution in [3.8, 4) is 0 Å². The lowest BCUT2D eigenvalue weighted by Gasteiger charge is -2.28. The molecule has 0 bridgehead atoms. The van der Waals surface area contributed by atoms with Crippen molar-refractivity contribution in [2.45, 2.75) is 39.3 Å². The summed E-state index contributed by atoms with van der Waals surface area (Å²) in [4.78, 5) is 14.8. The molecule has 1 aliphatic rings. The van der Waals surface area contributed by atoms with Crippen molar-refractivity contribution in [1.29, 1.82) is 0 Å². The highest BCUT2D eigenvalue weighted by Gasteiger charge is 2.20. The van der Waals surface area contributed by atoms with Crippen LogP contribution in [0, 0.1) is 6.92 Å². The van der Waals surface area contributed by atoms with Gasteiger partial charge in [-0.3, -0.25) is 4.79 Å². The van der Waals surface area contributed by atoms with Gasteiger partial charge in [0.05, 0.1) is 12.8 Å². The number of rotatable bonds is 8. The Morgan fingerprint density at radius 2 is 1.57 bits per heavy atom. The molecule has 1 fully saturated rings. The Morgan fingerprint density at radius 3 is 2.17 bits per heavy atom. The average molecular weight is 430 g/mol. The van der Waals surface area contributed by atoms with Crippen LogP contribution in [0.3, 0.4) is 0 Å². The minimum atomic E-state index is -3.50. The number of carbonyl (C=O) groups excluding carboxylic acids is 1. The fraction of sp³-hybridized carbons (Fsp3) is 0.435. The summed E-state index contributed by atoms with van der Waals surface area (Å²) >= 11 is 0. The van der Waals surface area contributed by atoms with Crippen LogP contribution in [0.2, 0.25) is 0 Å². The highest BCUT2D eigenvalue weighted by atomic mass is 32.2. The lowest BCUT2D eigenvalue weighted by atomic mass is 10.1. The Hall–Kier alpha value is -2.38. The van der Waals surface area contributed by atoms with E-state index in [2.05, 4.69) is 22.3 Å². The first-order valence-corrected chi connectivity index (χ1v) is 12.3. The fourth-order valence-electron chi connectivity index (χ4n) is 3.58. The molecule has 7 heteroatoms. The van der Waals surface area contributed by atoms with E-state index in [9.17, 15) is 13.2 Å². The normalized spacial score (nSPS) is 14.7. The molecule has 1 heterocycles. The number of anilines is 1. The van der Waals surface area contributed by atoms with Crippen molar-refractivity contribution in [1.82, 2.24) is 9.62 Å². The van der Waals surface area contributed by atoms with Gasteiger partial charge in [0.15, 0.2) is 0 Å². The molecule has 1 N–H and O–H groups in total. The molecule has 1 aliphatic heterocycles. The molecule has 0 radical (unpaired) electrons. The highest BCUT2D eigenvalue weighted by molar-refractivity contribution is 7.88. The molecule has 6 nitrogen and oxygen atoms in total. The van der Waals surface area contributed by atoms with E-state index >= 15 is 0 Å². The van der Waals surface area contributed by atoms with Gasteiger partial charge in [-0.25, -0.2) is 8.42 Å². The van der Waals surface area contributed by atoms with Crippen molar-refractivity contribution < 1.29 is 13.2 Å². The van der Waals surface area contributed by atoms with E-state index in [1.807, 2.05) is 43.3 Å². The van der Waals surface area contributed by atoms with Crippen LogP contribution in [-0.4, -0.2) is 44.5 Å². The number of piperidine rings is 1. The second kappa shape index (κ2) is 10.1. The molecule has 0 aromatic heterocycles. The summed E-state index contributed by atoms with van der Waals surface area (Å²) in [7, 11) is -3.50. The van der Waals surface area contributed by atoms with Gasteiger partial charge in [-0.1, -0.05) is 42.0 Å². The van der Waals surface area contributed by atoms with E-state index in [-0.39, 0.29) is 19.0 Å². The Labute approximate surface area is 179 Å². The molecule has 1 saturated heterocycles. The van der Waals surface area contributed by atoms with E-state index in [1.54, 1.807) is 0 Å². The molecular weight excluding hydrogens is 398 g/mol. The van der Waals surface area contributed by atoms with Crippen molar-refractivity contribution in [3.63, 3.8) is 0 Å². The first-order valence-electron chi connectivity index (χ1n) is 10.4. The molecule has 2 aromatic rings. The molecule has 0 saturated carbocycles. The maximum absolute atomic E-state index is 12.4. The first kappa shape index (κ1) is 22.3. The zero-order chi connectivity index (χ0) is 21.6. The van der Waals surface area contributed by atoms with Crippen LogP contribution in [0.4, 0.5) is 5.69 Å². The third-order valence-corrected chi connectivity index (χ3v) is 6.61. The third-order valence-electron chi connectivity index (χ3n) is 5.42.